The molecule has 0 atom stereocenters. The zero-order valence-corrected chi connectivity index (χ0v) is 11.8. The minimum atomic E-state index is -0.289. The fourth-order valence-electron chi connectivity index (χ4n) is 2.18. The fraction of sp³-hybridized carbons (Fsp3) is 0.0625. The van der Waals surface area contributed by atoms with Crippen molar-refractivity contribution in [2.24, 2.45) is 10.9 Å². The van der Waals surface area contributed by atoms with Crippen LogP contribution in [0, 0.1) is 12.7 Å². The number of halogens is 2. The van der Waals surface area contributed by atoms with Crippen LogP contribution >= 0.6 is 11.6 Å². The van der Waals surface area contributed by atoms with Gasteiger partial charge in [-0.3, -0.25) is 0 Å². The summed E-state index contributed by atoms with van der Waals surface area (Å²) in [6.45, 7) is 5.56. The van der Waals surface area contributed by atoms with Gasteiger partial charge in [0, 0.05) is 21.7 Å². The molecule has 0 aliphatic carbocycles. The van der Waals surface area contributed by atoms with Gasteiger partial charge in [-0.1, -0.05) is 36.4 Å². The molecule has 2 rings (SSSR count). The van der Waals surface area contributed by atoms with Crippen LogP contribution in [0.1, 0.15) is 16.7 Å². The summed E-state index contributed by atoms with van der Waals surface area (Å²) < 4.78 is 14.0. The molecule has 0 spiro atoms. The normalized spacial score (nSPS) is 10.9. The second-order valence-electron chi connectivity index (χ2n) is 4.38. The molecule has 2 aromatic rings. The number of hydrogen-bond donors (Lipinski definition) is 1. The highest BCUT2D eigenvalue weighted by molar-refractivity contribution is 6.33. The molecule has 0 fully saturated rings. The van der Waals surface area contributed by atoms with Crippen molar-refractivity contribution >= 4 is 23.9 Å². The molecule has 20 heavy (non-hydrogen) atoms. The zero-order chi connectivity index (χ0) is 14.7. The third-order valence-corrected chi connectivity index (χ3v) is 3.40. The van der Waals surface area contributed by atoms with E-state index in [0.717, 1.165) is 11.1 Å². The Morgan fingerprint density at radius 1 is 1.35 bits per heavy atom. The minimum Gasteiger partial charge on any atom is -0.323 e. The largest absolute Gasteiger partial charge is 0.323 e. The number of rotatable bonds is 3. The van der Waals surface area contributed by atoms with Crippen molar-refractivity contribution in [3.05, 3.63) is 64.4 Å². The third kappa shape index (κ3) is 2.58. The number of aryl methyl sites for hydroxylation is 1. The molecule has 0 saturated heterocycles. The van der Waals surface area contributed by atoms with Crippen LogP contribution in [0.15, 0.2) is 42.0 Å². The van der Waals surface area contributed by atoms with Gasteiger partial charge in [0.25, 0.3) is 0 Å². The van der Waals surface area contributed by atoms with Crippen molar-refractivity contribution in [2.45, 2.75) is 6.92 Å². The predicted molar refractivity (Wildman–Crippen MR) is 83.5 cm³/mol. The highest BCUT2D eigenvalue weighted by atomic mass is 35.5. The van der Waals surface area contributed by atoms with Crippen molar-refractivity contribution < 1.29 is 4.39 Å². The summed E-state index contributed by atoms with van der Waals surface area (Å²) in [4.78, 5) is 0. The first-order chi connectivity index (χ1) is 9.58. The van der Waals surface area contributed by atoms with Crippen LogP contribution in [0.4, 0.5) is 4.39 Å². The lowest BCUT2D eigenvalue weighted by atomic mass is 9.96. The monoisotopic (exact) mass is 288 g/mol. The van der Waals surface area contributed by atoms with Gasteiger partial charge in [-0.15, -0.1) is 0 Å². The smallest absolute Gasteiger partial charge is 0.131 e. The van der Waals surface area contributed by atoms with Crippen LogP contribution in [-0.2, 0) is 0 Å². The number of hydrogen-bond acceptors (Lipinski definition) is 2. The van der Waals surface area contributed by atoms with Gasteiger partial charge < -0.3 is 5.84 Å². The molecule has 2 aromatic carbocycles. The molecule has 0 aliphatic rings. The number of benzene rings is 2. The second kappa shape index (κ2) is 5.88. The van der Waals surface area contributed by atoms with E-state index in [2.05, 4.69) is 11.7 Å². The maximum Gasteiger partial charge on any atom is 0.131 e. The molecule has 4 heteroatoms. The molecule has 2 nitrogen and oxygen atoms in total. The average Bonchev–Trinajstić information content (AvgIpc) is 2.38. The summed E-state index contributed by atoms with van der Waals surface area (Å²) in [6.07, 6.45) is 3.10. The lowest BCUT2D eigenvalue weighted by Gasteiger charge is -2.11. The van der Waals surface area contributed by atoms with E-state index in [1.54, 1.807) is 24.3 Å². The maximum atomic E-state index is 14.0. The number of nitrogens with two attached hydrogens (primary N) is 1. The molecule has 0 radical (unpaired) electrons. The standard InChI is InChI=1S/C16H14ClFN2/c1-3-13-12(9-20-19)7-11(8-14(13)17)16-10(2)5-4-6-15(16)18/h3-9H,1,19H2,2H3/b20-9-. The van der Waals surface area contributed by atoms with Crippen molar-refractivity contribution in [2.75, 3.05) is 0 Å². The van der Waals surface area contributed by atoms with Gasteiger partial charge in [-0.2, -0.15) is 5.10 Å². The van der Waals surface area contributed by atoms with Gasteiger partial charge in [-0.25, -0.2) is 4.39 Å². The average molecular weight is 289 g/mol. The van der Waals surface area contributed by atoms with Gasteiger partial charge in [-0.05, 0) is 36.2 Å². The van der Waals surface area contributed by atoms with Crippen LogP contribution in [0.2, 0.25) is 5.02 Å². The summed E-state index contributed by atoms with van der Waals surface area (Å²) in [7, 11) is 0. The Hall–Kier alpha value is -2.13. The van der Waals surface area contributed by atoms with E-state index in [9.17, 15) is 4.39 Å². The van der Waals surface area contributed by atoms with E-state index in [1.165, 1.54) is 12.3 Å². The Balaban J connectivity index is 2.73. The van der Waals surface area contributed by atoms with Crippen LogP contribution in [-0.4, -0.2) is 6.21 Å². The quantitative estimate of drug-likeness (QED) is 0.508. The molecule has 0 saturated carbocycles. The van der Waals surface area contributed by atoms with Crippen molar-refractivity contribution in [3.63, 3.8) is 0 Å². The Morgan fingerprint density at radius 2 is 2.10 bits per heavy atom. The van der Waals surface area contributed by atoms with Gasteiger partial charge in [0.1, 0.15) is 5.82 Å². The molecule has 0 aliphatic heterocycles. The van der Waals surface area contributed by atoms with Crippen LogP contribution in [0.3, 0.4) is 0 Å². The van der Waals surface area contributed by atoms with E-state index in [4.69, 9.17) is 17.4 Å². The first-order valence-corrected chi connectivity index (χ1v) is 6.41. The first-order valence-electron chi connectivity index (χ1n) is 6.03. The van der Waals surface area contributed by atoms with E-state index >= 15 is 0 Å². The molecule has 0 amide bonds. The fourth-order valence-corrected chi connectivity index (χ4v) is 2.49. The van der Waals surface area contributed by atoms with E-state index in [0.29, 0.717) is 21.7 Å². The van der Waals surface area contributed by atoms with Crippen LogP contribution in [0.25, 0.3) is 17.2 Å². The summed E-state index contributed by atoms with van der Waals surface area (Å²) >= 11 is 6.23. The molecule has 0 aromatic heterocycles. The Kier molecular flexibility index (Phi) is 4.20. The van der Waals surface area contributed by atoms with Gasteiger partial charge in [0.05, 0.1) is 6.21 Å². The first kappa shape index (κ1) is 14.3. The highest BCUT2D eigenvalue weighted by Crippen LogP contribution is 2.32. The Labute approximate surface area is 122 Å². The molecule has 0 heterocycles. The third-order valence-electron chi connectivity index (χ3n) is 3.09. The van der Waals surface area contributed by atoms with E-state index < -0.39 is 0 Å². The minimum absolute atomic E-state index is 0.289. The molecule has 102 valence electrons. The Bertz CT molecular complexity index is 673. The summed E-state index contributed by atoms with van der Waals surface area (Å²) in [5.41, 5.74) is 3.47. The van der Waals surface area contributed by atoms with Gasteiger partial charge in [0.15, 0.2) is 0 Å². The highest BCUT2D eigenvalue weighted by Gasteiger charge is 2.12. The Morgan fingerprint density at radius 3 is 2.70 bits per heavy atom. The second-order valence-corrected chi connectivity index (χ2v) is 4.78. The summed E-state index contributed by atoms with van der Waals surface area (Å²) in [5, 5.41) is 3.99. The van der Waals surface area contributed by atoms with Crippen molar-refractivity contribution in [3.8, 4) is 11.1 Å². The molecule has 2 N–H and O–H groups in total. The lowest BCUT2D eigenvalue weighted by molar-refractivity contribution is 0.630. The molecule has 0 unspecified atom stereocenters. The topological polar surface area (TPSA) is 38.4 Å². The van der Waals surface area contributed by atoms with Crippen LogP contribution in [0.5, 0.6) is 0 Å². The summed E-state index contributed by atoms with van der Waals surface area (Å²) in [5.74, 6) is 4.91. The summed E-state index contributed by atoms with van der Waals surface area (Å²) in [6, 6.07) is 8.47. The van der Waals surface area contributed by atoms with E-state index in [-0.39, 0.29) is 5.82 Å². The van der Waals surface area contributed by atoms with Crippen molar-refractivity contribution in [1.82, 2.24) is 0 Å². The maximum absolute atomic E-state index is 14.0. The molecule has 0 bridgehead atoms. The van der Waals surface area contributed by atoms with Crippen molar-refractivity contribution in [1.29, 1.82) is 0 Å². The lowest BCUT2D eigenvalue weighted by Crippen LogP contribution is -1.95. The predicted octanol–water partition coefficient (Wildman–Crippen LogP) is 4.39. The molecular formula is C16H14ClFN2. The van der Waals surface area contributed by atoms with Crippen LogP contribution < -0.4 is 5.84 Å². The number of nitrogens with zero attached hydrogens (tertiary/aromatic N) is 1. The van der Waals surface area contributed by atoms with Gasteiger partial charge in [0.2, 0.25) is 0 Å². The SMILES string of the molecule is C=Cc1c(Cl)cc(-c2c(C)cccc2F)cc1/C=N\N. The van der Waals surface area contributed by atoms with Gasteiger partial charge >= 0.3 is 0 Å². The van der Waals surface area contributed by atoms with E-state index in [1.807, 2.05) is 13.0 Å². The zero-order valence-electron chi connectivity index (χ0n) is 11.0. The molecular weight excluding hydrogens is 275 g/mol. The number of hydrazone groups is 1.